The molecule has 1 aliphatic rings. The molecular formula is C11H12Cl2NO2S-. The summed E-state index contributed by atoms with van der Waals surface area (Å²) >= 11 is 9.64. The lowest BCUT2D eigenvalue weighted by Gasteiger charge is -2.23. The molecule has 1 fully saturated rings. The second kappa shape index (κ2) is 4.52. The summed E-state index contributed by atoms with van der Waals surface area (Å²) in [6.07, 6.45) is 0.554. The molecule has 0 bridgehead atoms. The van der Waals surface area contributed by atoms with E-state index in [9.17, 15) is 8.76 Å². The second-order valence-electron chi connectivity index (χ2n) is 4.34. The van der Waals surface area contributed by atoms with Crippen LogP contribution in [0.4, 0.5) is 0 Å². The minimum atomic E-state index is -2.20. The molecule has 2 N–H and O–H groups in total. The summed E-state index contributed by atoms with van der Waals surface area (Å²) in [5.74, 6) is -0.0308. The Labute approximate surface area is 113 Å². The van der Waals surface area contributed by atoms with E-state index < -0.39 is 15.8 Å². The number of benzene rings is 1. The molecule has 3 unspecified atom stereocenters. The van der Waals surface area contributed by atoms with Crippen molar-refractivity contribution in [1.29, 1.82) is 0 Å². The molecule has 0 radical (unpaired) electrons. The fourth-order valence-corrected chi connectivity index (χ4v) is 3.79. The third-order valence-corrected chi connectivity index (χ3v) is 5.39. The first-order valence-corrected chi connectivity index (χ1v) is 7.02. The maximum Gasteiger partial charge on any atom is 0.0623 e. The van der Waals surface area contributed by atoms with Crippen molar-refractivity contribution >= 4 is 34.3 Å². The van der Waals surface area contributed by atoms with Gasteiger partial charge in [0.1, 0.15) is 0 Å². The molecule has 1 aromatic carbocycles. The Hall–Kier alpha value is -0.130. The Kier molecular flexibility index (Phi) is 3.54. The van der Waals surface area contributed by atoms with Gasteiger partial charge < -0.3 is 10.3 Å². The molecule has 3 nitrogen and oxygen atoms in total. The minimum Gasteiger partial charge on any atom is -0.772 e. The second-order valence-corrected chi connectivity index (χ2v) is 6.35. The number of hydrogen-bond acceptors (Lipinski definition) is 3. The summed E-state index contributed by atoms with van der Waals surface area (Å²) in [5.41, 5.74) is 7.12. The average molecular weight is 293 g/mol. The highest BCUT2D eigenvalue weighted by Crippen LogP contribution is 2.57. The molecule has 94 valence electrons. The number of rotatable bonds is 3. The van der Waals surface area contributed by atoms with Crippen molar-refractivity contribution in [1.82, 2.24) is 0 Å². The molecule has 2 rings (SSSR count). The van der Waals surface area contributed by atoms with E-state index in [0.717, 1.165) is 11.1 Å². The normalized spacial score (nSPS) is 29.1. The van der Waals surface area contributed by atoms with E-state index >= 15 is 0 Å². The van der Waals surface area contributed by atoms with Crippen LogP contribution < -0.4 is 5.73 Å². The zero-order valence-electron chi connectivity index (χ0n) is 9.20. The summed E-state index contributed by atoms with van der Waals surface area (Å²) < 4.78 is 22.1. The van der Waals surface area contributed by atoms with Gasteiger partial charge in [0, 0.05) is 0 Å². The fraction of sp³-hybridized carbons (Fsp3) is 0.455. The van der Waals surface area contributed by atoms with Crippen LogP contribution >= 0.6 is 23.2 Å². The monoisotopic (exact) mass is 292 g/mol. The van der Waals surface area contributed by atoms with Crippen LogP contribution in [-0.4, -0.2) is 15.3 Å². The number of halogens is 2. The summed E-state index contributed by atoms with van der Waals surface area (Å²) in [7, 11) is 0. The molecule has 1 saturated carbocycles. The third kappa shape index (κ3) is 2.02. The maximum atomic E-state index is 11.5. The molecule has 1 aromatic rings. The Morgan fingerprint density at radius 1 is 1.53 bits per heavy atom. The van der Waals surface area contributed by atoms with Gasteiger partial charge in [-0.05, 0) is 60.1 Å². The molecule has 0 aromatic heterocycles. The van der Waals surface area contributed by atoms with Gasteiger partial charge >= 0.3 is 0 Å². The molecule has 0 heterocycles. The zero-order valence-corrected chi connectivity index (χ0v) is 11.5. The highest BCUT2D eigenvalue weighted by Gasteiger charge is 2.56. The van der Waals surface area contributed by atoms with Gasteiger partial charge in [-0.25, -0.2) is 0 Å². The van der Waals surface area contributed by atoms with Gasteiger partial charge in [0.05, 0.1) is 14.8 Å². The number of nitrogens with two attached hydrogens (primary N) is 1. The highest BCUT2D eigenvalue weighted by molar-refractivity contribution is 7.80. The number of aryl methyl sites for hydroxylation is 1. The van der Waals surface area contributed by atoms with Gasteiger partial charge in [-0.15, -0.1) is 0 Å². The SMILES string of the molecule is Cc1cc(Cl)c(Cl)cc1C1(S(=O)[O-])CC1CN. The van der Waals surface area contributed by atoms with E-state index in [1.165, 1.54) is 0 Å². The topological polar surface area (TPSA) is 66.1 Å². The van der Waals surface area contributed by atoms with Gasteiger partial charge in [0.2, 0.25) is 0 Å². The highest BCUT2D eigenvalue weighted by atomic mass is 35.5. The minimum absolute atomic E-state index is 0.0308. The van der Waals surface area contributed by atoms with Crippen molar-refractivity contribution in [3.05, 3.63) is 33.3 Å². The molecular weight excluding hydrogens is 281 g/mol. The lowest BCUT2D eigenvalue weighted by atomic mass is 10.0. The maximum absolute atomic E-state index is 11.5. The first kappa shape index (κ1) is 13.3. The first-order valence-electron chi connectivity index (χ1n) is 5.19. The van der Waals surface area contributed by atoms with Crippen LogP contribution in [-0.2, 0) is 15.8 Å². The van der Waals surface area contributed by atoms with Crippen LogP contribution in [0.3, 0.4) is 0 Å². The van der Waals surface area contributed by atoms with Crippen LogP contribution in [0.5, 0.6) is 0 Å². The standard InChI is InChI=1S/C11H13Cl2NO2S/c1-6-2-9(12)10(13)3-8(6)11(17(15)16)4-7(11)5-14/h2-3,7H,4-5,14H2,1H3,(H,15,16)/p-1. The van der Waals surface area contributed by atoms with Crippen molar-refractivity contribution in [2.45, 2.75) is 18.1 Å². The van der Waals surface area contributed by atoms with E-state index in [4.69, 9.17) is 28.9 Å². The average Bonchev–Trinajstić information content (AvgIpc) is 2.99. The Bertz CT molecular complexity index is 495. The summed E-state index contributed by atoms with van der Waals surface area (Å²) in [4.78, 5) is 0. The van der Waals surface area contributed by atoms with Gasteiger partial charge in [-0.3, -0.25) is 4.21 Å². The van der Waals surface area contributed by atoms with Crippen LogP contribution in [0.25, 0.3) is 0 Å². The third-order valence-electron chi connectivity index (χ3n) is 3.35. The summed E-state index contributed by atoms with van der Waals surface area (Å²) in [5, 5.41) is 0.810. The Morgan fingerprint density at radius 2 is 2.12 bits per heavy atom. The van der Waals surface area contributed by atoms with E-state index in [0.29, 0.717) is 23.0 Å². The van der Waals surface area contributed by atoms with Crippen molar-refractivity contribution < 1.29 is 8.76 Å². The van der Waals surface area contributed by atoms with Crippen LogP contribution in [0.15, 0.2) is 12.1 Å². The summed E-state index contributed by atoms with van der Waals surface area (Å²) in [6, 6.07) is 3.34. The molecule has 1 aliphatic carbocycles. The molecule has 0 saturated heterocycles. The van der Waals surface area contributed by atoms with Gasteiger partial charge in [0.25, 0.3) is 0 Å². The van der Waals surface area contributed by atoms with E-state index in [-0.39, 0.29) is 5.92 Å². The van der Waals surface area contributed by atoms with Crippen LogP contribution in [0, 0.1) is 12.8 Å². The molecule has 3 atom stereocenters. The summed E-state index contributed by atoms with van der Waals surface area (Å²) in [6.45, 7) is 2.19. The molecule has 0 amide bonds. The molecule has 0 spiro atoms. The van der Waals surface area contributed by atoms with Gasteiger partial charge in [0.15, 0.2) is 0 Å². The molecule has 17 heavy (non-hydrogen) atoms. The van der Waals surface area contributed by atoms with Crippen molar-refractivity contribution in [2.24, 2.45) is 11.7 Å². The van der Waals surface area contributed by atoms with E-state index in [1.807, 2.05) is 6.92 Å². The first-order chi connectivity index (χ1) is 7.93. The number of hydrogen-bond donors (Lipinski definition) is 1. The van der Waals surface area contributed by atoms with Crippen molar-refractivity contribution in [3.8, 4) is 0 Å². The van der Waals surface area contributed by atoms with Gasteiger partial charge in [-0.2, -0.15) is 0 Å². The van der Waals surface area contributed by atoms with Gasteiger partial charge in [-0.1, -0.05) is 23.2 Å². The predicted molar refractivity (Wildman–Crippen MR) is 69.0 cm³/mol. The van der Waals surface area contributed by atoms with E-state index in [1.54, 1.807) is 12.1 Å². The Balaban J connectivity index is 2.53. The van der Waals surface area contributed by atoms with E-state index in [2.05, 4.69) is 0 Å². The Morgan fingerprint density at radius 3 is 2.59 bits per heavy atom. The molecule has 0 aliphatic heterocycles. The molecule has 6 heteroatoms. The van der Waals surface area contributed by atoms with Crippen molar-refractivity contribution in [3.63, 3.8) is 0 Å². The fourth-order valence-electron chi connectivity index (χ4n) is 2.31. The van der Waals surface area contributed by atoms with Crippen LogP contribution in [0.2, 0.25) is 10.0 Å². The smallest absolute Gasteiger partial charge is 0.0623 e. The predicted octanol–water partition coefficient (Wildman–Crippen LogP) is 2.35. The lowest BCUT2D eigenvalue weighted by molar-refractivity contribution is 0.514. The lowest BCUT2D eigenvalue weighted by Crippen LogP contribution is -2.21. The van der Waals surface area contributed by atoms with Crippen molar-refractivity contribution in [2.75, 3.05) is 6.54 Å². The largest absolute Gasteiger partial charge is 0.772 e. The quantitative estimate of drug-likeness (QED) is 0.870. The zero-order chi connectivity index (χ0) is 12.8. The van der Waals surface area contributed by atoms with Crippen LogP contribution in [0.1, 0.15) is 17.5 Å².